The molecule has 2 amide bonds. The molecule has 2 aliphatic heterocycles. The van der Waals surface area contributed by atoms with Crippen molar-refractivity contribution in [1.29, 1.82) is 0 Å². The normalized spacial score (nSPS) is 17.4. The highest BCUT2D eigenvalue weighted by Crippen LogP contribution is 2.24. The Morgan fingerprint density at radius 2 is 1.71 bits per heavy atom. The van der Waals surface area contributed by atoms with Gasteiger partial charge in [-0.1, -0.05) is 0 Å². The van der Waals surface area contributed by atoms with E-state index in [4.69, 9.17) is 0 Å². The number of carbonyl (C=O) groups excluding carboxylic acids is 1. The summed E-state index contributed by atoms with van der Waals surface area (Å²) in [4.78, 5) is 34.2. The smallest absolute Gasteiger partial charge is 0.339 e. The number of hydrogen-bond donors (Lipinski definition) is 1. The van der Waals surface area contributed by atoms with Gasteiger partial charge in [-0.05, 0) is 30.9 Å². The zero-order valence-electron chi connectivity index (χ0n) is 14.3. The highest BCUT2D eigenvalue weighted by atomic mass is 16.4. The van der Waals surface area contributed by atoms with Gasteiger partial charge in [-0.25, -0.2) is 14.6 Å². The summed E-state index contributed by atoms with van der Waals surface area (Å²) in [5.74, 6) is -0.496. The number of fused-ring (bicyclic) bond motifs is 1. The van der Waals surface area contributed by atoms with E-state index in [0.717, 1.165) is 37.2 Å². The van der Waals surface area contributed by atoms with Crippen LogP contribution < -0.4 is 4.90 Å². The maximum atomic E-state index is 12.6. The van der Waals surface area contributed by atoms with Crippen LogP contribution in [0.4, 0.5) is 10.6 Å². The molecule has 3 heterocycles. The van der Waals surface area contributed by atoms with Gasteiger partial charge in [0.15, 0.2) is 0 Å². The molecule has 2 aliphatic rings. The van der Waals surface area contributed by atoms with Gasteiger partial charge in [0.05, 0.1) is 0 Å². The summed E-state index contributed by atoms with van der Waals surface area (Å²) in [6, 6.07) is 1.83. The number of aromatic carboxylic acids is 1. The number of nitrogens with zero attached hydrogens (tertiary/aromatic N) is 4. The zero-order valence-corrected chi connectivity index (χ0v) is 14.3. The number of carbonyl (C=O) groups is 2. The first-order valence-corrected chi connectivity index (χ1v) is 8.44. The second-order valence-electron chi connectivity index (χ2n) is 6.63. The summed E-state index contributed by atoms with van der Waals surface area (Å²) in [6.07, 6.45) is 3.47. The highest BCUT2D eigenvalue weighted by Gasteiger charge is 2.27. The third kappa shape index (κ3) is 3.16. The van der Waals surface area contributed by atoms with Gasteiger partial charge >= 0.3 is 12.0 Å². The third-order valence-electron chi connectivity index (χ3n) is 4.74. The Kier molecular flexibility index (Phi) is 4.59. The minimum atomic E-state index is -0.969. The van der Waals surface area contributed by atoms with Crippen LogP contribution in [0.2, 0.25) is 0 Å². The summed E-state index contributed by atoms with van der Waals surface area (Å²) in [7, 11) is 3.59. The first-order chi connectivity index (χ1) is 11.5. The average molecular weight is 332 g/mol. The Morgan fingerprint density at radius 3 is 2.33 bits per heavy atom. The standard InChI is InChI=1S/C17H24N4O3/c1-19(2)15-13(16(22)23)11-12-5-9-21(10-6-14(12)18-15)17(24)20-7-3-4-8-20/h11H,3-10H2,1-2H3,(H,22,23). The van der Waals surface area contributed by atoms with E-state index < -0.39 is 5.97 Å². The third-order valence-corrected chi connectivity index (χ3v) is 4.74. The number of carboxylic acids is 1. The largest absolute Gasteiger partial charge is 0.478 e. The molecule has 1 aromatic heterocycles. The van der Waals surface area contributed by atoms with Crippen molar-refractivity contribution in [2.75, 3.05) is 45.2 Å². The monoisotopic (exact) mass is 332 g/mol. The Morgan fingerprint density at radius 1 is 1.08 bits per heavy atom. The van der Waals surface area contributed by atoms with Crippen molar-refractivity contribution in [1.82, 2.24) is 14.8 Å². The molecule has 1 fully saturated rings. The molecular weight excluding hydrogens is 308 g/mol. The van der Waals surface area contributed by atoms with E-state index >= 15 is 0 Å². The fourth-order valence-corrected chi connectivity index (χ4v) is 3.42. The molecule has 0 bridgehead atoms. The summed E-state index contributed by atoms with van der Waals surface area (Å²) in [6.45, 7) is 2.93. The molecule has 7 nitrogen and oxygen atoms in total. The molecule has 3 rings (SSSR count). The second kappa shape index (κ2) is 6.67. The predicted octanol–water partition coefficient (Wildman–Crippen LogP) is 1.46. The van der Waals surface area contributed by atoms with Gasteiger partial charge in [-0.2, -0.15) is 0 Å². The van der Waals surface area contributed by atoms with E-state index in [-0.39, 0.29) is 11.6 Å². The number of urea groups is 1. The fourth-order valence-electron chi connectivity index (χ4n) is 3.42. The summed E-state index contributed by atoms with van der Waals surface area (Å²) in [5.41, 5.74) is 2.06. The predicted molar refractivity (Wildman–Crippen MR) is 90.7 cm³/mol. The van der Waals surface area contributed by atoms with E-state index in [1.807, 2.05) is 9.80 Å². The van der Waals surface area contributed by atoms with Crippen LogP contribution >= 0.6 is 0 Å². The van der Waals surface area contributed by atoms with Gasteiger partial charge < -0.3 is 19.8 Å². The molecule has 0 spiro atoms. The first-order valence-electron chi connectivity index (χ1n) is 8.44. The van der Waals surface area contributed by atoms with Crippen molar-refractivity contribution in [3.8, 4) is 0 Å². The van der Waals surface area contributed by atoms with Gasteiger partial charge in [-0.15, -0.1) is 0 Å². The van der Waals surface area contributed by atoms with E-state index in [2.05, 4.69) is 4.98 Å². The number of pyridine rings is 1. The summed E-state index contributed by atoms with van der Waals surface area (Å²) < 4.78 is 0. The van der Waals surface area contributed by atoms with Gasteiger partial charge in [-0.3, -0.25) is 0 Å². The lowest BCUT2D eigenvalue weighted by Crippen LogP contribution is -2.42. The minimum Gasteiger partial charge on any atom is -0.478 e. The molecule has 7 heteroatoms. The lowest BCUT2D eigenvalue weighted by atomic mass is 10.1. The molecule has 0 atom stereocenters. The van der Waals surface area contributed by atoms with E-state index in [1.165, 1.54) is 0 Å². The van der Waals surface area contributed by atoms with Crippen LogP contribution in [0, 0.1) is 0 Å². The Bertz CT molecular complexity index is 653. The molecular formula is C17H24N4O3. The molecule has 1 N–H and O–H groups in total. The summed E-state index contributed by atoms with van der Waals surface area (Å²) in [5, 5.41) is 9.43. The van der Waals surface area contributed by atoms with Gasteiger partial charge in [0.1, 0.15) is 11.4 Å². The second-order valence-corrected chi connectivity index (χ2v) is 6.63. The van der Waals surface area contributed by atoms with Gasteiger partial charge in [0.25, 0.3) is 0 Å². The van der Waals surface area contributed by atoms with Gasteiger partial charge in [0, 0.05) is 52.4 Å². The van der Waals surface area contributed by atoms with Crippen LogP contribution in [0.3, 0.4) is 0 Å². The number of rotatable bonds is 2. The number of amides is 2. The maximum Gasteiger partial charge on any atom is 0.339 e. The Hall–Kier alpha value is -2.31. The number of anilines is 1. The lowest BCUT2D eigenvalue weighted by Gasteiger charge is -2.26. The topological polar surface area (TPSA) is 77.0 Å². The van der Waals surface area contributed by atoms with Crippen LogP contribution in [0.15, 0.2) is 6.07 Å². The van der Waals surface area contributed by atoms with Crippen LogP contribution in [-0.2, 0) is 12.8 Å². The van der Waals surface area contributed by atoms with Crippen molar-refractivity contribution in [2.45, 2.75) is 25.7 Å². The molecule has 130 valence electrons. The van der Waals surface area contributed by atoms with E-state index in [0.29, 0.717) is 31.7 Å². The SMILES string of the molecule is CN(C)c1nc2c(cc1C(=O)O)CCN(C(=O)N1CCCC1)CC2. The number of hydrogen-bond acceptors (Lipinski definition) is 4. The van der Waals surface area contributed by atoms with Crippen molar-refractivity contribution < 1.29 is 14.7 Å². The highest BCUT2D eigenvalue weighted by molar-refractivity contribution is 5.93. The Balaban J connectivity index is 1.82. The zero-order chi connectivity index (χ0) is 17.3. The van der Waals surface area contributed by atoms with E-state index in [9.17, 15) is 14.7 Å². The molecule has 1 aromatic rings. The van der Waals surface area contributed by atoms with Crippen molar-refractivity contribution in [2.24, 2.45) is 0 Å². The van der Waals surface area contributed by atoms with Gasteiger partial charge in [0.2, 0.25) is 0 Å². The summed E-state index contributed by atoms with van der Waals surface area (Å²) >= 11 is 0. The Labute approximate surface area is 141 Å². The molecule has 24 heavy (non-hydrogen) atoms. The number of likely N-dealkylation sites (tertiary alicyclic amines) is 1. The van der Waals surface area contributed by atoms with E-state index in [1.54, 1.807) is 25.1 Å². The number of carboxylic acid groups (broad SMARTS) is 1. The molecule has 0 saturated carbocycles. The minimum absolute atomic E-state index is 0.103. The molecule has 0 aliphatic carbocycles. The fraction of sp³-hybridized carbons (Fsp3) is 0.588. The first kappa shape index (κ1) is 16.5. The van der Waals surface area contributed by atoms with Crippen molar-refractivity contribution in [3.05, 3.63) is 22.9 Å². The van der Waals surface area contributed by atoms with Crippen molar-refractivity contribution in [3.63, 3.8) is 0 Å². The van der Waals surface area contributed by atoms with Crippen LogP contribution in [0.25, 0.3) is 0 Å². The molecule has 0 aromatic carbocycles. The molecule has 1 saturated heterocycles. The molecule has 0 radical (unpaired) electrons. The van der Waals surface area contributed by atoms with Crippen molar-refractivity contribution >= 4 is 17.8 Å². The quantitative estimate of drug-likeness (QED) is 0.887. The lowest BCUT2D eigenvalue weighted by molar-refractivity contribution is 0.0697. The average Bonchev–Trinajstić information content (AvgIpc) is 3.00. The number of aromatic nitrogens is 1. The maximum absolute atomic E-state index is 12.6. The van der Waals surface area contributed by atoms with Crippen LogP contribution in [0.1, 0.15) is 34.5 Å². The van der Waals surface area contributed by atoms with Crippen LogP contribution in [-0.4, -0.2) is 72.2 Å². The molecule has 0 unspecified atom stereocenters. The van der Waals surface area contributed by atoms with Crippen LogP contribution in [0.5, 0.6) is 0 Å².